The summed E-state index contributed by atoms with van der Waals surface area (Å²) in [5.74, 6) is -1.90. The third-order valence-corrected chi connectivity index (χ3v) is 8.73. The van der Waals surface area contributed by atoms with E-state index in [1.54, 1.807) is 0 Å². The fourth-order valence-corrected chi connectivity index (χ4v) is 6.09. The summed E-state index contributed by atoms with van der Waals surface area (Å²) in [6, 6.07) is 8.17. The Bertz CT molecular complexity index is 1590. The van der Waals surface area contributed by atoms with Crippen molar-refractivity contribution in [1.29, 1.82) is 0 Å². The summed E-state index contributed by atoms with van der Waals surface area (Å²) in [6.07, 6.45) is -7.33. The Morgan fingerprint density at radius 3 is 2.63 bits per heavy atom. The number of hydrogen-bond acceptors (Lipinski definition) is 6. The maximum absolute atomic E-state index is 14.0. The largest absolute Gasteiger partial charge is 0.449 e. The van der Waals surface area contributed by atoms with Crippen LogP contribution in [0.5, 0.6) is 5.75 Å². The third-order valence-electron chi connectivity index (χ3n) is 7.42. The summed E-state index contributed by atoms with van der Waals surface area (Å²) in [5, 5.41) is 2.78. The number of ether oxygens (including phenoxy) is 1. The average molecular weight is 602 g/mol. The molecule has 1 atom stereocenters. The SMILES string of the molecule is CN1CCN(S(C)(=O)=O)CCC1CNC(=O)c1ccc2c(c1)nc(C(F)(F)F)n2Cc1cccc2c1OC(F)(F)C2. The second-order valence-electron chi connectivity index (χ2n) is 10.3. The van der Waals surface area contributed by atoms with Gasteiger partial charge in [0.25, 0.3) is 5.91 Å². The first-order chi connectivity index (χ1) is 19.1. The van der Waals surface area contributed by atoms with Crippen molar-refractivity contribution < 1.29 is 39.9 Å². The zero-order chi connectivity index (χ0) is 29.7. The molecule has 1 saturated heterocycles. The summed E-state index contributed by atoms with van der Waals surface area (Å²) < 4.78 is 100. The van der Waals surface area contributed by atoms with Crippen molar-refractivity contribution in [1.82, 2.24) is 24.1 Å². The first-order valence-corrected chi connectivity index (χ1v) is 14.7. The van der Waals surface area contributed by atoms with Gasteiger partial charge in [-0.15, -0.1) is 0 Å². The van der Waals surface area contributed by atoms with Crippen molar-refractivity contribution in [3.63, 3.8) is 0 Å². The van der Waals surface area contributed by atoms with Crippen LogP contribution in [-0.4, -0.2) is 84.7 Å². The topological polar surface area (TPSA) is 96.8 Å². The van der Waals surface area contributed by atoms with Crippen LogP contribution in [0.2, 0.25) is 0 Å². The Morgan fingerprint density at radius 1 is 1.17 bits per heavy atom. The molecule has 15 heteroatoms. The quantitative estimate of drug-likeness (QED) is 0.436. The van der Waals surface area contributed by atoms with Gasteiger partial charge in [0.15, 0.2) is 0 Å². The molecule has 1 fully saturated rings. The Balaban J connectivity index is 1.37. The van der Waals surface area contributed by atoms with E-state index in [9.17, 15) is 35.2 Å². The summed E-state index contributed by atoms with van der Waals surface area (Å²) in [4.78, 5) is 18.6. The number of benzene rings is 2. The van der Waals surface area contributed by atoms with E-state index in [4.69, 9.17) is 4.74 Å². The van der Waals surface area contributed by atoms with Gasteiger partial charge >= 0.3 is 12.3 Å². The van der Waals surface area contributed by atoms with Gasteiger partial charge in [-0.1, -0.05) is 18.2 Å². The molecule has 0 radical (unpaired) electrons. The number of carbonyl (C=O) groups is 1. The van der Waals surface area contributed by atoms with Crippen LogP contribution in [0.4, 0.5) is 22.0 Å². The molecular formula is C26H28F5N5O4S. The van der Waals surface area contributed by atoms with Gasteiger partial charge in [0, 0.05) is 48.9 Å². The number of amides is 1. The molecule has 2 aliphatic heterocycles. The number of carbonyl (C=O) groups excluding carboxylic acids is 1. The Hall–Kier alpha value is -3.30. The van der Waals surface area contributed by atoms with Crippen molar-refractivity contribution in [2.45, 2.75) is 37.7 Å². The molecule has 0 saturated carbocycles. The molecule has 0 spiro atoms. The van der Waals surface area contributed by atoms with E-state index in [0.29, 0.717) is 26.1 Å². The molecule has 41 heavy (non-hydrogen) atoms. The van der Waals surface area contributed by atoms with Crippen molar-refractivity contribution in [2.75, 3.05) is 39.5 Å². The number of halogens is 5. The molecule has 1 amide bonds. The molecule has 9 nitrogen and oxygen atoms in total. The minimum atomic E-state index is -4.85. The van der Waals surface area contributed by atoms with Crippen LogP contribution < -0.4 is 10.1 Å². The molecule has 2 aliphatic rings. The van der Waals surface area contributed by atoms with Gasteiger partial charge in [0.1, 0.15) is 5.75 Å². The van der Waals surface area contributed by atoms with E-state index in [-0.39, 0.29) is 46.1 Å². The number of rotatable bonds is 6. The molecule has 222 valence electrons. The van der Waals surface area contributed by atoms with Gasteiger partial charge in [-0.3, -0.25) is 4.79 Å². The van der Waals surface area contributed by atoms with E-state index in [2.05, 4.69) is 10.3 Å². The predicted molar refractivity (Wildman–Crippen MR) is 139 cm³/mol. The molecule has 2 aromatic carbocycles. The van der Waals surface area contributed by atoms with Crippen LogP contribution in [0.1, 0.15) is 33.7 Å². The zero-order valence-corrected chi connectivity index (χ0v) is 23.0. The first kappa shape index (κ1) is 29.2. The highest BCUT2D eigenvalue weighted by Gasteiger charge is 2.42. The lowest BCUT2D eigenvalue weighted by atomic mass is 10.1. The minimum Gasteiger partial charge on any atom is -0.432 e. The summed E-state index contributed by atoms with van der Waals surface area (Å²) >= 11 is 0. The van der Waals surface area contributed by atoms with Gasteiger partial charge in [-0.2, -0.15) is 22.0 Å². The number of nitrogens with zero attached hydrogens (tertiary/aromatic N) is 4. The molecular weight excluding hydrogens is 573 g/mol. The lowest BCUT2D eigenvalue weighted by Gasteiger charge is -2.25. The van der Waals surface area contributed by atoms with Crippen LogP contribution in [0.15, 0.2) is 36.4 Å². The van der Waals surface area contributed by atoms with Crippen LogP contribution in [-0.2, 0) is 29.2 Å². The molecule has 5 rings (SSSR count). The van der Waals surface area contributed by atoms with Crippen molar-refractivity contribution in [2.24, 2.45) is 0 Å². The molecule has 3 heterocycles. The van der Waals surface area contributed by atoms with E-state index in [1.165, 1.54) is 40.7 Å². The number of fused-ring (bicyclic) bond motifs is 2. The van der Waals surface area contributed by atoms with Crippen molar-refractivity contribution >= 4 is 27.0 Å². The number of imidazole rings is 1. The predicted octanol–water partition coefficient (Wildman–Crippen LogP) is 3.33. The van der Waals surface area contributed by atoms with Crippen LogP contribution in [0.25, 0.3) is 11.0 Å². The minimum absolute atomic E-state index is 0.0700. The normalized spacial score (nSPS) is 20.0. The highest BCUT2D eigenvalue weighted by Crippen LogP contribution is 2.41. The highest BCUT2D eigenvalue weighted by molar-refractivity contribution is 7.88. The van der Waals surface area contributed by atoms with Gasteiger partial charge in [0.05, 0.1) is 30.3 Å². The van der Waals surface area contributed by atoms with E-state index in [1.807, 2.05) is 11.9 Å². The second kappa shape index (κ2) is 10.5. The maximum Gasteiger partial charge on any atom is 0.449 e. The Kier molecular flexibility index (Phi) is 7.49. The monoisotopic (exact) mass is 601 g/mol. The fraction of sp³-hybridized carbons (Fsp3) is 0.462. The molecule has 1 N–H and O–H groups in total. The van der Waals surface area contributed by atoms with Crippen LogP contribution in [0, 0.1) is 0 Å². The summed E-state index contributed by atoms with van der Waals surface area (Å²) in [6.45, 7) is 0.901. The van der Waals surface area contributed by atoms with Gasteiger partial charge < -0.3 is 19.5 Å². The van der Waals surface area contributed by atoms with Gasteiger partial charge in [-0.05, 0) is 31.7 Å². The molecule has 1 aromatic heterocycles. The Labute approximate surface area is 232 Å². The maximum atomic E-state index is 14.0. The molecule has 3 aromatic rings. The number of aromatic nitrogens is 2. The van der Waals surface area contributed by atoms with Crippen molar-refractivity contribution in [3.05, 3.63) is 58.9 Å². The lowest BCUT2D eigenvalue weighted by Crippen LogP contribution is -2.42. The average Bonchev–Trinajstić information content (AvgIpc) is 3.33. The van der Waals surface area contributed by atoms with Crippen LogP contribution >= 0.6 is 0 Å². The summed E-state index contributed by atoms with van der Waals surface area (Å²) in [7, 11) is -1.51. The first-order valence-electron chi connectivity index (χ1n) is 12.8. The standard InChI is InChI=1S/C26H28F5N5O4S/c1-34-10-11-35(41(2,38)39)9-8-19(34)14-32-23(37)16-6-7-21-20(12-16)33-24(26(29,30)31)36(21)15-18-5-3-4-17-13-25(27,28)40-22(17)18/h3-7,12,19H,8-11,13-15H2,1-2H3,(H,32,37). The highest BCUT2D eigenvalue weighted by atomic mass is 32.2. The number of nitrogens with one attached hydrogen (secondary N) is 1. The second-order valence-corrected chi connectivity index (χ2v) is 12.3. The van der Waals surface area contributed by atoms with Crippen LogP contribution in [0.3, 0.4) is 0 Å². The van der Waals surface area contributed by atoms with Gasteiger partial charge in [0.2, 0.25) is 15.8 Å². The number of likely N-dealkylation sites (N-methyl/N-ethyl adjacent to an activating group) is 1. The zero-order valence-electron chi connectivity index (χ0n) is 22.2. The molecule has 0 aliphatic carbocycles. The number of sulfonamides is 1. The van der Waals surface area contributed by atoms with Gasteiger partial charge in [-0.25, -0.2) is 17.7 Å². The smallest absolute Gasteiger partial charge is 0.432 e. The van der Waals surface area contributed by atoms with E-state index in [0.717, 1.165) is 10.8 Å². The molecule has 1 unspecified atom stereocenters. The Morgan fingerprint density at radius 2 is 1.93 bits per heavy atom. The number of para-hydroxylation sites is 1. The fourth-order valence-electron chi connectivity index (χ4n) is 5.24. The molecule has 0 bridgehead atoms. The lowest BCUT2D eigenvalue weighted by molar-refractivity contribution is -0.159. The van der Waals surface area contributed by atoms with Crippen molar-refractivity contribution in [3.8, 4) is 5.75 Å². The van der Waals surface area contributed by atoms with E-state index >= 15 is 0 Å². The third kappa shape index (κ3) is 6.16. The number of alkyl halides is 5. The summed E-state index contributed by atoms with van der Waals surface area (Å²) in [5.41, 5.74) is 0.425. The van der Waals surface area contributed by atoms with E-state index < -0.39 is 47.0 Å². The number of hydrogen-bond donors (Lipinski definition) is 1.